The first kappa shape index (κ1) is 16.0. The van der Waals surface area contributed by atoms with Crippen LogP contribution in [0.5, 0.6) is 0 Å². The molecule has 0 fully saturated rings. The molecule has 0 saturated carbocycles. The average Bonchev–Trinajstić information content (AvgIpc) is 2.86. The summed E-state index contributed by atoms with van der Waals surface area (Å²) in [5.74, 6) is 0.730. The summed E-state index contributed by atoms with van der Waals surface area (Å²) in [5.41, 5.74) is 7.92. The Balaban J connectivity index is 1.78. The lowest BCUT2D eigenvalue weighted by Crippen LogP contribution is -2.10. The number of nitrogen functional groups attached to an aromatic ring is 1. The second-order valence-corrected chi connectivity index (χ2v) is 7.11. The molecule has 0 aliphatic carbocycles. The Labute approximate surface area is 139 Å². The van der Waals surface area contributed by atoms with Gasteiger partial charge in [-0.05, 0) is 17.7 Å². The number of sulfonamides is 1. The molecule has 0 unspecified atom stereocenters. The van der Waals surface area contributed by atoms with Crippen LogP contribution in [-0.2, 0) is 23.6 Å². The summed E-state index contributed by atoms with van der Waals surface area (Å²) in [7, 11) is -1.53. The van der Waals surface area contributed by atoms with E-state index >= 15 is 0 Å². The fourth-order valence-corrected chi connectivity index (χ4v) is 2.82. The van der Waals surface area contributed by atoms with Crippen molar-refractivity contribution in [1.82, 2.24) is 19.7 Å². The van der Waals surface area contributed by atoms with Gasteiger partial charge in [-0.25, -0.2) is 8.42 Å². The SMILES string of the molecule is Cn1ncc2c(N)nc(NCc3cccc(NS(C)(=O)=O)c3)nc21. The molecule has 0 spiro atoms. The van der Waals surface area contributed by atoms with Crippen LogP contribution in [-0.4, -0.2) is 34.4 Å². The van der Waals surface area contributed by atoms with E-state index in [0.717, 1.165) is 11.8 Å². The molecule has 126 valence electrons. The Bertz CT molecular complexity index is 998. The Morgan fingerprint density at radius 2 is 2.08 bits per heavy atom. The maximum Gasteiger partial charge on any atom is 0.229 e. The first-order chi connectivity index (χ1) is 11.3. The van der Waals surface area contributed by atoms with Gasteiger partial charge in [0.1, 0.15) is 5.82 Å². The number of anilines is 3. The van der Waals surface area contributed by atoms with Crippen molar-refractivity contribution in [3.63, 3.8) is 0 Å². The molecule has 24 heavy (non-hydrogen) atoms. The van der Waals surface area contributed by atoms with Crippen LogP contribution < -0.4 is 15.8 Å². The van der Waals surface area contributed by atoms with Crippen LogP contribution in [0.2, 0.25) is 0 Å². The number of aryl methyl sites for hydroxylation is 1. The lowest BCUT2D eigenvalue weighted by Gasteiger charge is -2.09. The molecule has 2 heterocycles. The Kier molecular flexibility index (Phi) is 3.97. The number of fused-ring (bicyclic) bond motifs is 1. The number of hydrogen-bond donors (Lipinski definition) is 3. The van der Waals surface area contributed by atoms with E-state index in [4.69, 9.17) is 5.73 Å². The Morgan fingerprint density at radius 3 is 2.83 bits per heavy atom. The van der Waals surface area contributed by atoms with Gasteiger partial charge in [-0.2, -0.15) is 15.1 Å². The molecule has 1 aromatic carbocycles. The fraction of sp³-hybridized carbons (Fsp3) is 0.214. The highest BCUT2D eigenvalue weighted by atomic mass is 32.2. The maximum absolute atomic E-state index is 11.3. The molecule has 4 N–H and O–H groups in total. The first-order valence-electron chi connectivity index (χ1n) is 7.07. The molecule has 10 heteroatoms. The molecule has 0 aliphatic heterocycles. The van der Waals surface area contributed by atoms with Crippen LogP contribution in [0.3, 0.4) is 0 Å². The smallest absolute Gasteiger partial charge is 0.229 e. The summed E-state index contributed by atoms with van der Waals surface area (Å²) < 4.78 is 26.6. The topological polar surface area (TPSA) is 128 Å². The van der Waals surface area contributed by atoms with E-state index in [1.54, 1.807) is 36.1 Å². The van der Waals surface area contributed by atoms with Crippen LogP contribution >= 0.6 is 0 Å². The third-order valence-corrected chi connectivity index (χ3v) is 3.91. The molecule has 0 bridgehead atoms. The minimum atomic E-state index is -3.31. The molecular weight excluding hydrogens is 330 g/mol. The van der Waals surface area contributed by atoms with Crippen molar-refractivity contribution in [1.29, 1.82) is 0 Å². The van der Waals surface area contributed by atoms with Gasteiger partial charge in [0.15, 0.2) is 5.65 Å². The van der Waals surface area contributed by atoms with Gasteiger partial charge in [-0.1, -0.05) is 12.1 Å². The van der Waals surface area contributed by atoms with Crippen molar-refractivity contribution >= 4 is 38.5 Å². The van der Waals surface area contributed by atoms with Gasteiger partial charge in [0, 0.05) is 19.3 Å². The highest BCUT2D eigenvalue weighted by molar-refractivity contribution is 7.92. The third kappa shape index (κ3) is 3.54. The molecular formula is C14H17N7O2S. The van der Waals surface area contributed by atoms with E-state index in [-0.39, 0.29) is 0 Å². The zero-order valence-corrected chi connectivity index (χ0v) is 14.0. The van der Waals surface area contributed by atoms with E-state index < -0.39 is 10.0 Å². The lowest BCUT2D eigenvalue weighted by molar-refractivity contribution is 0.607. The molecule has 2 aromatic heterocycles. The minimum Gasteiger partial charge on any atom is -0.383 e. The van der Waals surface area contributed by atoms with Crippen LogP contribution in [0.15, 0.2) is 30.5 Å². The molecule has 3 rings (SSSR count). The van der Waals surface area contributed by atoms with Crippen molar-refractivity contribution < 1.29 is 8.42 Å². The second kappa shape index (κ2) is 5.96. The van der Waals surface area contributed by atoms with Crippen molar-refractivity contribution in [2.24, 2.45) is 7.05 Å². The summed E-state index contributed by atoms with van der Waals surface area (Å²) in [4.78, 5) is 8.58. The standard InChI is InChI=1S/C14H17N7O2S/c1-21-13-11(8-17-21)12(15)18-14(19-13)16-7-9-4-3-5-10(6-9)20-24(2,22)23/h3-6,8,20H,7H2,1-2H3,(H3,15,16,18,19). The Morgan fingerprint density at radius 1 is 1.29 bits per heavy atom. The summed E-state index contributed by atoms with van der Waals surface area (Å²) in [6, 6.07) is 7.05. The number of nitrogens with two attached hydrogens (primary N) is 1. The van der Waals surface area contributed by atoms with Crippen molar-refractivity contribution in [3.05, 3.63) is 36.0 Å². The molecule has 3 aromatic rings. The zero-order valence-electron chi connectivity index (χ0n) is 13.2. The molecule has 0 radical (unpaired) electrons. The van der Waals surface area contributed by atoms with E-state index in [2.05, 4.69) is 25.1 Å². The Hall–Kier alpha value is -2.88. The summed E-state index contributed by atoms with van der Waals surface area (Å²) in [5, 5.41) is 7.88. The number of nitrogens with zero attached hydrogens (tertiary/aromatic N) is 4. The van der Waals surface area contributed by atoms with Gasteiger partial charge >= 0.3 is 0 Å². The monoisotopic (exact) mass is 347 g/mol. The number of rotatable bonds is 5. The number of aromatic nitrogens is 4. The zero-order chi connectivity index (χ0) is 17.3. The van der Waals surface area contributed by atoms with Gasteiger partial charge in [0.25, 0.3) is 0 Å². The summed E-state index contributed by atoms with van der Waals surface area (Å²) in [6.07, 6.45) is 2.73. The van der Waals surface area contributed by atoms with E-state index in [0.29, 0.717) is 35.0 Å². The number of nitrogens with one attached hydrogen (secondary N) is 2. The summed E-state index contributed by atoms with van der Waals surface area (Å²) in [6.45, 7) is 0.419. The van der Waals surface area contributed by atoms with E-state index in [9.17, 15) is 8.42 Å². The van der Waals surface area contributed by atoms with Gasteiger partial charge in [-0.15, -0.1) is 0 Å². The number of benzene rings is 1. The highest BCUT2D eigenvalue weighted by Gasteiger charge is 2.09. The molecule has 0 amide bonds. The average molecular weight is 347 g/mol. The number of hydrogen-bond acceptors (Lipinski definition) is 7. The summed E-state index contributed by atoms with van der Waals surface area (Å²) >= 11 is 0. The van der Waals surface area contributed by atoms with E-state index in [1.807, 2.05) is 6.07 Å². The first-order valence-corrected chi connectivity index (χ1v) is 8.97. The quantitative estimate of drug-likeness (QED) is 0.626. The molecule has 0 saturated heterocycles. The van der Waals surface area contributed by atoms with Crippen LogP contribution in [0.25, 0.3) is 11.0 Å². The minimum absolute atomic E-state index is 0.350. The lowest BCUT2D eigenvalue weighted by atomic mass is 10.2. The molecule has 0 aliphatic rings. The van der Waals surface area contributed by atoms with Gasteiger partial charge < -0.3 is 11.1 Å². The largest absolute Gasteiger partial charge is 0.383 e. The van der Waals surface area contributed by atoms with Crippen LogP contribution in [0.4, 0.5) is 17.5 Å². The normalized spacial score (nSPS) is 11.6. The third-order valence-electron chi connectivity index (χ3n) is 3.30. The van der Waals surface area contributed by atoms with Crippen LogP contribution in [0.1, 0.15) is 5.56 Å². The van der Waals surface area contributed by atoms with Gasteiger partial charge in [0.05, 0.1) is 17.8 Å². The van der Waals surface area contributed by atoms with Crippen molar-refractivity contribution in [2.75, 3.05) is 22.0 Å². The maximum atomic E-state index is 11.3. The second-order valence-electron chi connectivity index (χ2n) is 5.37. The van der Waals surface area contributed by atoms with Gasteiger partial charge in [-0.3, -0.25) is 9.40 Å². The predicted molar refractivity (Wildman–Crippen MR) is 93.0 cm³/mol. The molecule has 0 atom stereocenters. The fourth-order valence-electron chi connectivity index (χ4n) is 2.26. The highest BCUT2D eigenvalue weighted by Crippen LogP contribution is 2.19. The van der Waals surface area contributed by atoms with Gasteiger partial charge in [0.2, 0.25) is 16.0 Å². The van der Waals surface area contributed by atoms with Crippen molar-refractivity contribution in [2.45, 2.75) is 6.54 Å². The van der Waals surface area contributed by atoms with E-state index in [1.165, 1.54) is 0 Å². The molecule has 9 nitrogen and oxygen atoms in total. The van der Waals surface area contributed by atoms with Crippen LogP contribution in [0, 0.1) is 0 Å². The van der Waals surface area contributed by atoms with Crippen molar-refractivity contribution in [3.8, 4) is 0 Å². The predicted octanol–water partition coefficient (Wildman–Crippen LogP) is 0.929.